The van der Waals surface area contributed by atoms with Crippen molar-refractivity contribution in [3.8, 4) is 0 Å². The molecule has 4 aromatic rings. The van der Waals surface area contributed by atoms with Gasteiger partial charge in [0.05, 0.1) is 0 Å². The average molecular weight is 333 g/mol. The number of pyridine rings is 1. The van der Waals surface area contributed by atoms with Gasteiger partial charge in [-0.3, -0.25) is 5.41 Å². The molecule has 3 aromatic heterocycles. The zero-order chi connectivity index (χ0) is 17.2. The molecular formula is C18H15N5O2. The van der Waals surface area contributed by atoms with Crippen LogP contribution in [-0.4, -0.2) is 21.1 Å². The number of hydrogen-bond acceptors (Lipinski definition) is 6. The van der Waals surface area contributed by atoms with Gasteiger partial charge in [-0.25, -0.2) is 14.8 Å². The second-order valence-electron chi connectivity index (χ2n) is 5.53. The van der Waals surface area contributed by atoms with E-state index in [0.717, 1.165) is 10.8 Å². The molecule has 0 unspecified atom stereocenters. The quantitative estimate of drug-likeness (QED) is 0.440. The monoisotopic (exact) mass is 333 g/mol. The van der Waals surface area contributed by atoms with Gasteiger partial charge >= 0.3 is 5.63 Å². The molecule has 0 radical (unpaired) electrons. The van der Waals surface area contributed by atoms with Gasteiger partial charge in [0.1, 0.15) is 16.5 Å². The third kappa shape index (κ3) is 2.76. The van der Waals surface area contributed by atoms with Crippen LogP contribution in [0.2, 0.25) is 0 Å². The summed E-state index contributed by atoms with van der Waals surface area (Å²) in [7, 11) is 0. The lowest BCUT2D eigenvalue weighted by atomic mass is 10.1. The predicted octanol–water partition coefficient (Wildman–Crippen LogP) is 2.13. The Labute approximate surface area is 142 Å². The first-order valence-electron chi connectivity index (χ1n) is 7.84. The third-order valence-electron chi connectivity index (χ3n) is 4.00. The summed E-state index contributed by atoms with van der Waals surface area (Å²) in [6.07, 6.45) is 5.12. The van der Waals surface area contributed by atoms with Gasteiger partial charge in [-0.15, -0.1) is 0 Å². The van der Waals surface area contributed by atoms with E-state index in [2.05, 4.69) is 15.3 Å². The summed E-state index contributed by atoms with van der Waals surface area (Å²) in [4.78, 5) is 20.5. The molecule has 0 amide bonds. The molecule has 0 aliphatic rings. The van der Waals surface area contributed by atoms with Crippen molar-refractivity contribution in [1.29, 1.82) is 5.41 Å². The number of nitrogens with one attached hydrogen (secondary N) is 2. The summed E-state index contributed by atoms with van der Waals surface area (Å²) < 4.78 is 7.06. The minimum Gasteiger partial charge on any atom is -0.422 e. The molecule has 0 fully saturated rings. The Balaban J connectivity index is 1.70. The van der Waals surface area contributed by atoms with Crippen LogP contribution in [0, 0.1) is 5.41 Å². The molecule has 1 aromatic carbocycles. The van der Waals surface area contributed by atoms with Crippen LogP contribution in [-0.2, 0) is 6.54 Å². The highest BCUT2D eigenvalue weighted by Gasteiger charge is 2.10. The van der Waals surface area contributed by atoms with Crippen molar-refractivity contribution in [2.45, 2.75) is 6.54 Å². The molecule has 0 aliphatic heterocycles. The minimum atomic E-state index is -0.493. The number of rotatable bonds is 4. The van der Waals surface area contributed by atoms with Crippen molar-refractivity contribution >= 4 is 27.7 Å². The van der Waals surface area contributed by atoms with Crippen LogP contribution in [0.5, 0.6) is 0 Å². The molecule has 2 N–H and O–H groups in total. The Bertz CT molecular complexity index is 1160. The van der Waals surface area contributed by atoms with Crippen LogP contribution < -0.4 is 16.4 Å². The summed E-state index contributed by atoms with van der Waals surface area (Å²) in [5.41, 5.74) is 0.167. The molecule has 0 saturated heterocycles. The van der Waals surface area contributed by atoms with Crippen molar-refractivity contribution < 1.29 is 4.42 Å². The Hall–Kier alpha value is -3.48. The second kappa shape index (κ2) is 6.20. The van der Waals surface area contributed by atoms with Gasteiger partial charge in [0.15, 0.2) is 0 Å². The molecule has 3 heterocycles. The molecule has 0 atom stereocenters. The first-order chi connectivity index (χ1) is 12.2. The predicted molar refractivity (Wildman–Crippen MR) is 94.4 cm³/mol. The van der Waals surface area contributed by atoms with Crippen LogP contribution in [0.4, 0.5) is 5.95 Å². The van der Waals surface area contributed by atoms with Crippen LogP contribution in [0.1, 0.15) is 0 Å². The number of para-hydroxylation sites is 1. The lowest BCUT2D eigenvalue weighted by molar-refractivity contribution is 0.566. The van der Waals surface area contributed by atoms with Gasteiger partial charge in [-0.2, -0.15) is 0 Å². The van der Waals surface area contributed by atoms with Gasteiger partial charge < -0.3 is 14.3 Å². The largest absolute Gasteiger partial charge is 0.422 e. The molecule has 25 heavy (non-hydrogen) atoms. The molecule has 0 bridgehead atoms. The maximum atomic E-state index is 12.3. The molecule has 0 saturated carbocycles. The van der Waals surface area contributed by atoms with E-state index in [-0.39, 0.29) is 10.9 Å². The Kier molecular flexibility index (Phi) is 3.74. The van der Waals surface area contributed by atoms with Gasteiger partial charge in [0.2, 0.25) is 5.95 Å². The summed E-state index contributed by atoms with van der Waals surface area (Å²) in [6, 6.07) is 10.9. The minimum absolute atomic E-state index is 0.132. The lowest BCUT2D eigenvalue weighted by Crippen LogP contribution is -2.27. The average Bonchev–Trinajstić information content (AvgIpc) is 2.64. The van der Waals surface area contributed by atoms with E-state index in [1.807, 2.05) is 30.5 Å². The van der Waals surface area contributed by atoms with Crippen LogP contribution in [0.3, 0.4) is 0 Å². The van der Waals surface area contributed by atoms with Crippen LogP contribution in [0.25, 0.3) is 21.7 Å². The highest BCUT2D eigenvalue weighted by Crippen LogP contribution is 2.20. The number of aromatic nitrogens is 3. The fourth-order valence-corrected chi connectivity index (χ4v) is 2.82. The Morgan fingerprint density at radius 3 is 2.72 bits per heavy atom. The van der Waals surface area contributed by atoms with Crippen molar-refractivity contribution in [3.05, 3.63) is 70.9 Å². The van der Waals surface area contributed by atoms with E-state index < -0.39 is 5.63 Å². The number of fused-ring (bicyclic) bond motifs is 3. The lowest BCUT2D eigenvalue weighted by Gasteiger charge is -2.10. The van der Waals surface area contributed by atoms with Gasteiger partial charge in [0, 0.05) is 42.5 Å². The second-order valence-corrected chi connectivity index (χ2v) is 5.53. The highest BCUT2D eigenvalue weighted by atomic mass is 16.4. The fourth-order valence-electron chi connectivity index (χ4n) is 2.82. The van der Waals surface area contributed by atoms with Crippen LogP contribution >= 0.6 is 0 Å². The third-order valence-corrected chi connectivity index (χ3v) is 4.00. The van der Waals surface area contributed by atoms with E-state index >= 15 is 0 Å². The van der Waals surface area contributed by atoms with Gasteiger partial charge in [-0.1, -0.05) is 18.2 Å². The Morgan fingerprint density at radius 2 is 1.88 bits per heavy atom. The van der Waals surface area contributed by atoms with Crippen molar-refractivity contribution in [2.75, 3.05) is 11.9 Å². The molecule has 0 spiro atoms. The zero-order valence-corrected chi connectivity index (χ0v) is 13.3. The summed E-state index contributed by atoms with van der Waals surface area (Å²) in [5, 5.41) is 13.3. The molecule has 4 rings (SSSR count). The van der Waals surface area contributed by atoms with Gasteiger partial charge in [0.25, 0.3) is 0 Å². The molecular weight excluding hydrogens is 318 g/mol. The summed E-state index contributed by atoms with van der Waals surface area (Å²) >= 11 is 0. The maximum absolute atomic E-state index is 12.3. The van der Waals surface area contributed by atoms with Gasteiger partial charge in [-0.05, 0) is 18.2 Å². The molecule has 7 heteroatoms. The van der Waals surface area contributed by atoms with Crippen LogP contribution in [0.15, 0.2) is 64.2 Å². The summed E-state index contributed by atoms with van der Waals surface area (Å²) in [6.45, 7) is 1.03. The normalized spacial score (nSPS) is 11.0. The first kappa shape index (κ1) is 15.1. The standard InChI is InChI=1S/C18H15N5O2/c19-16-15-13(12-4-1-2-5-14(12)25-17(15)24)6-10-23(16)11-9-22-18-20-7-3-8-21-18/h1-8,10,19H,9,11H2,(H,20,21,22). The first-order valence-corrected chi connectivity index (χ1v) is 7.84. The number of hydrogen-bond donors (Lipinski definition) is 2. The Morgan fingerprint density at radius 1 is 1.08 bits per heavy atom. The van der Waals surface area contributed by atoms with E-state index in [0.29, 0.717) is 24.6 Å². The van der Waals surface area contributed by atoms with E-state index in [9.17, 15) is 4.79 Å². The highest BCUT2D eigenvalue weighted by molar-refractivity contribution is 6.03. The SMILES string of the molecule is N=c1c2c(=O)oc3ccccc3c2ccn1CCNc1ncccn1. The van der Waals surface area contributed by atoms with Crippen molar-refractivity contribution in [3.63, 3.8) is 0 Å². The zero-order valence-electron chi connectivity index (χ0n) is 13.3. The number of anilines is 1. The fraction of sp³-hybridized carbons (Fsp3) is 0.111. The topological polar surface area (TPSA) is 96.8 Å². The smallest absolute Gasteiger partial charge is 0.347 e. The molecule has 7 nitrogen and oxygen atoms in total. The molecule has 0 aliphatic carbocycles. The van der Waals surface area contributed by atoms with E-state index in [1.165, 1.54) is 0 Å². The van der Waals surface area contributed by atoms with E-state index in [4.69, 9.17) is 9.83 Å². The van der Waals surface area contributed by atoms with E-state index in [1.54, 1.807) is 29.1 Å². The number of nitrogens with zero attached hydrogens (tertiary/aromatic N) is 3. The number of benzene rings is 1. The molecule has 124 valence electrons. The van der Waals surface area contributed by atoms with Crippen molar-refractivity contribution in [2.24, 2.45) is 0 Å². The van der Waals surface area contributed by atoms with Crippen molar-refractivity contribution in [1.82, 2.24) is 14.5 Å². The summed E-state index contributed by atoms with van der Waals surface area (Å²) in [5.74, 6) is 0.529. The maximum Gasteiger partial charge on any atom is 0.347 e.